The zero-order valence-electron chi connectivity index (χ0n) is 15.9. The van der Waals surface area contributed by atoms with Crippen molar-refractivity contribution in [3.05, 3.63) is 94.8 Å². The van der Waals surface area contributed by atoms with E-state index in [0.29, 0.717) is 17.2 Å². The molecule has 8 heteroatoms. The van der Waals surface area contributed by atoms with Crippen molar-refractivity contribution in [3.63, 3.8) is 0 Å². The van der Waals surface area contributed by atoms with Crippen molar-refractivity contribution in [3.8, 4) is 11.5 Å². The van der Waals surface area contributed by atoms with E-state index in [2.05, 4.69) is 5.32 Å². The second kappa shape index (κ2) is 9.06. The van der Waals surface area contributed by atoms with Gasteiger partial charge in [0.25, 0.3) is 5.91 Å². The van der Waals surface area contributed by atoms with E-state index in [0.717, 1.165) is 0 Å². The summed E-state index contributed by atoms with van der Waals surface area (Å²) in [6.45, 7) is 0. The highest BCUT2D eigenvalue weighted by atomic mass is 35.5. The first-order valence-electron chi connectivity index (χ1n) is 9.21. The Labute approximate surface area is 193 Å². The average Bonchev–Trinajstić information content (AvgIpc) is 2.74. The monoisotopic (exact) mass is 472 g/mol. The molecule has 1 unspecified atom stereocenters. The Balaban J connectivity index is 1.61. The van der Waals surface area contributed by atoms with Gasteiger partial charge in [0.1, 0.15) is 22.8 Å². The van der Waals surface area contributed by atoms with Gasteiger partial charge >= 0.3 is 0 Å². The van der Waals surface area contributed by atoms with Crippen LogP contribution < -0.4 is 15.0 Å². The first-order chi connectivity index (χ1) is 14.9. The number of amides is 1. The maximum Gasteiger partial charge on any atom is 0.263 e. The van der Waals surface area contributed by atoms with Gasteiger partial charge in [-0.15, -0.1) is 0 Å². The normalized spacial score (nSPS) is 17.6. The molecule has 1 atom stereocenters. The SMILES string of the molecule is O=C1/C(=C/c2ccc(Cl)cc2F)C(Cl)NC(=S)N1c1ccc(Oc2ccccc2)cc1. The molecule has 0 aliphatic carbocycles. The van der Waals surface area contributed by atoms with Crippen molar-refractivity contribution < 1.29 is 13.9 Å². The van der Waals surface area contributed by atoms with Gasteiger partial charge in [0.2, 0.25) is 0 Å². The molecule has 0 aromatic heterocycles. The molecule has 0 saturated carbocycles. The number of ether oxygens (including phenoxy) is 1. The summed E-state index contributed by atoms with van der Waals surface area (Å²) >= 11 is 17.4. The number of nitrogens with zero attached hydrogens (tertiary/aromatic N) is 1. The van der Waals surface area contributed by atoms with Crippen molar-refractivity contribution in [1.82, 2.24) is 5.32 Å². The smallest absolute Gasteiger partial charge is 0.263 e. The van der Waals surface area contributed by atoms with Crippen LogP contribution in [0.4, 0.5) is 10.1 Å². The van der Waals surface area contributed by atoms with E-state index in [4.69, 9.17) is 40.2 Å². The summed E-state index contributed by atoms with van der Waals surface area (Å²) in [5.41, 5.74) is -0.0262. The van der Waals surface area contributed by atoms with Gasteiger partial charge in [-0.3, -0.25) is 9.69 Å². The van der Waals surface area contributed by atoms with E-state index >= 15 is 0 Å². The number of para-hydroxylation sites is 1. The van der Waals surface area contributed by atoms with Crippen molar-refractivity contribution in [1.29, 1.82) is 0 Å². The highest BCUT2D eigenvalue weighted by molar-refractivity contribution is 7.80. The summed E-state index contributed by atoms with van der Waals surface area (Å²) in [7, 11) is 0. The number of rotatable bonds is 4. The first-order valence-corrected chi connectivity index (χ1v) is 10.4. The minimum atomic E-state index is -0.896. The Morgan fingerprint density at radius 1 is 1.03 bits per heavy atom. The van der Waals surface area contributed by atoms with Crippen LogP contribution in [0.3, 0.4) is 0 Å². The van der Waals surface area contributed by atoms with E-state index in [1.165, 1.54) is 29.2 Å². The quantitative estimate of drug-likeness (QED) is 0.214. The van der Waals surface area contributed by atoms with Crippen LogP contribution in [0.1, 0.15) is 5.56 Å². The Morgan fingerprint density at radius 2 is 1.71 bits per heavy atom. The van der Waals surface area contributed by atoms with E-state index < -0.39 is 17.2 Å². The minimum absolute atomic E-state index is 0.149. The van der Waals surface area contributed by atoms with Crippen LogP contribution in [0.15, 0.2) is 78.4 Å². The summed E-state index contributed by atoms with van der Waals surface area (Å²) in [5.74, 6) is 0.294. The number of thiocarbonyl (C=S) groups is 1. The number of hydrogen-bond donors (Lipinski definition) is 1. The second-order valence-corrected chi connectivity index (χ2v) is 7.89. The van der Waals surface area contributed by atoms with Gasteiger partial charge in [-0.25, -0.2) is 4.39 Å². The van der Waals surface area contributed by atoms with Crippen LogP contribution in [-0.2, 0) is 4.79 Å². The molecule has 0 bridgehead atoms. The van der Waals surface area contributed by atoms with Crippen LogP contribution in [-0.4, -0.2) is 16.5 Å². The van der Waals surface area contributed by atoms with E-state index in [1.54, 1.807) is 24.3 Å². The van der Waals surface area contributed by atoms with Crippen LogP contribution in [0.25, 0.3) is 6.08 Å². The number of alkyl halides is 1. The molecule has 156 valence electrons. The number of carbonyl (C=O) groups excluding carboxylic acids is 1. The Hall–Kier alpha value is -2.93. The van der Waals surface area contributed by atoms with Crippen LogP contribution >= 0.6 is 35.4 Å². The molecular weight excluding hydrogens is 458 g/mol. The summed E-state index contributed by atoms with van der Waals surface area (Å²) < 4.78 is 20.0. The fraction of sp³-hybridized carbons (Fsp3) is 0.0435. The molecule has 1 heterocycles. The third-order valence-electron chi connectivity index (χ3n) is 4.52. The Morgan fingerprint density at radius 3 is 2.39 bits per heavy atom. The Kier molecular flexibility index (Phi) is 6.23. The molecular formula is C23H15Cl2FN2O2S. The zero-order valence-corrected chi connectivity index (χ0v) is 18.2. The molecule has 1 aliphatic rings. The predicted octanol–water partition coefficient (Wildman–Crippen LogP) is 6.14. The van der Waals surface area contributed by atoms with E-state index in [-0.39, 0.29) is 21.3 Å². The fourth-order valence-electron chi connectivity index (χ4n) is 3.02. The lowest BCUT2D eigenvalue weighted by atomic mass is 10.1. The first kappa shape index (κ1) is 21.3. The minimum Gasteiger partial charge on any atom is -0.457 e. The number of anilines is 1. The molecule has 1 aliphatic heterocycles. The molecule has 1 saturated heterocycles. The van der Waals surface area contributed by atoms with Gasteiger partial charge in [-0.05, 0) is 66.8 Å². The molecule has 0 radical (unpaired) electrons. The van der Waals surface area contributed by atoms with E-state index in [9.17, 15) is 9.18 Å². The van der Waals surface area contributed by atoms with Crippen molar-refractivity contribution in [2.24, 2.45) is 0 Å². The summed E-state index contributed by atoms with van der Waals surface area (Å²) in [5, 5.41) is 3.28. The topological polar surface area (TPSA) is 41.6 Å². The number of benzene rings is 3. The van der Waals surface area contributed by atoms with Gasteiger partial charge in [-0.2, -0.15) is 0 Å². The number of halogens is 3. The molecule has 4 nitrogen and oxygen atoms in total. The third-order valence-corrected chi connectivity index (χ3v) is 5.40. The van der Waals surface area contributed by atoms with Gasteiger partial charge in [0, 0.05) is 10.6 Å². The van der Waals surface area contributed by atoms with Gasteiger partial charge in [0.05, 0.1) is 11.3 Å². The number of carbonyl (C=O) groups is 1. The standard InChI is InChI=1S/C23H15Cl2FN2O2S/c24-15-7-6-14(20(26)13-15)12-19-21(25)27-23(31)28(22(19)29)16-8-10-18(11-9-16)30-17-4-2-1-3-5-17/h1-13,21H,(H,27,31)/b19-12+. The lowest BCUT2D eigenvalue weighted by Crippen LogP contribution is -2.54. The van der Waals surface area contributed by atoms with Crippen LogP contribution in [0, 0.1) is 5.82 Å². The summed E-state index contributed by atoms with van der Waals surface area (Å²) in [6, 6.07) is 20.4. The predicted molar refractivity (Wildman–Crippen MR) is 125 cm³/mol. The van der Waals surface area contributed by atoms with Gasteiger partial charge in [-0.1, -0.05) is 47.5 Å². The van der Waals surface area contributed by atoms with Gasteiger partial charge in [0.15, 0.2) is 5.11 Å². The molecule has 3 aromatic rings. The Bertz CT molecular complexity index is 1170. The number of nitrogens with one attached hydrogen (secondary N) is 1. The molecule has 3 aromatic carbocycles. The van der Waals surface area contributed by atoms with Crippen molar-refractivity contribution in [2.45, 2.75) is 5.50 Å². The van der Waals surface area contributed by atoms with Crippen molar-refractivity contribution in [2.75, 3.05) is 4.90 Å². The highest BCUT2D eigenvalue weighted by Crippen LogP contribution is 2.29. The maximum absolute atomic E-state index is 14.2. The molecule has 1 N–H and O–H groups in total. The van der Waals surface area contributed by atoms with Crippen LogP contribution in [0.5, 0.6) is 11.5 Å². The molecule has 1 amide bonds. The fourth-order valence-corrected chi connectivity index (χ4v) is 3.81. The molecule has 4 rings (SSSR count). The third kappa shape index (κ3) is 4.71. The number of hydrogen-bond acceptors (Lipinski definition) is 3. The lowest BCUT2D eigenvalue weighted by molar-refractivity contribution is -0.114. The van der Waals surface area contributed by atoms with Crippen molar-refractivity contribution >= 4 is 58.2 Å². The summed E-state index contributed by atoms with van der Waals surface area (Å²) in [4.78, 5) is 14.5. The van der Waals surface area contributed by atoms with Gasteiger partial charge < -0.3 is 10.1 Å². The zero-order chi connectivity index (χ0) is 22.0. The highest BCUT2D eigenvalue weighted by Gasteiger charge is 2.34. The average molecular weight is 473 g/mol. The van der Waals surface area contributed by atoms with E-state index in [1.807, 2.05) is 30.3 Å². The maximum atomic E-state index is 14.2. The van der Waals surface area contributed by atoms with Crippen LogP contribution in [0.2, 0.25) is 5.02 Å². The molecule has 0 spiro atoms. The molecule has 1 fully saturated rings. The second-order valence-electron chi connectivity index (χ2n) is 6.63. The largest absolute Gasteiger partial charge is 0.457 e. The summed E-state index contributed by atoms with van der Waals surface area (Å²) in [6.07, 6.45) is 1.39. The molecule has 31 heavy (non-hydrogen) atoms. The lowest BCUT2D eigenvalue weighted by Gasteiger charge is -2.33.